The number of aliphatic hydroxyl groups excluding tert-OH is 1. The monoisotopic (exact) mass is 402 g/mol. The Balaban J connectivity index is 2.24. The zero-order valence-electron chi connectivity index (χ0n) is 16.8. The van der Waals surface area contributed by atoms with Crippen molar-refractivity contribution < 1.29 is 24.1 Å². The molecule has 0 saturated carbocycles. The molecular formula is C22H26O5S. The van der Waals surface area contributed by atoms with Gasteiger partial charge in [0.25, 0.3) is 0 Å². The summed E-state index contributed by atoms with van der Waals surface area (Å²) in [6.07, 6.45) is 5.46. The van der Waals surface area contributed by atoms with Crippen molar-refractivity contribution in [2.45, 2.75) is 29.6 Å². The molecule has 0 aliphatic heterocycles. The van der Waals surface area contributed by atoms with E-state index in [-0.39, 0.29) is 11.9 Å². The van der Waals surface area contributed by atoms with Crippen LogP contribution in [0.1, 0.15) is 24.7 Å². The number of thioether (sulfide) groups is 1. The van der Waals surface area contributed by atoms with E-state index < -0.39 is 5.60 Å². The van der Waals surface area contributed by atoms with Gasteiger partial charge >= 0.3 is 0 Å². The van der Waals surface area contributed by atoms with Crippen molar-refractivity contribution in [3.05, 3.63) is 42.0 Å². The number of ether oxygens (including phenoxy) is 4. The summed E-state index contributed by atoms with van der Waals surface area (Å²) in [7, 11) is 4.70. The second-order valence-electron chi connectivity index (χ2n) is 6.48. The van der Waals surface area contributed by atoms with Gasteiger partial charge in [-0.25, -0.2) is 0 Å². The number of terminal acetylenes is 1. The van der Waals surface area contributed by atoms with Crippen LogP contribution in [0, 0.1) is 12.3 Å². The smallest absolute Gasteiger partial charge is 0.203 e. The summed E-state index contributed by atoms with van der Waals surface area (Å²) in [6, 6.07) is 11.3. The van der Waals surface area contributed by atoms with E-state index in [1.807, 2.05) is 50.2 Å². The minimum absolute atomic E-state index is 0.0499. The third-order valence-electron chi connectivity index (χ3n) is 4.05. The van der Waals surface area contributed by atoms with Crippen molar-refractivity contribution in [1.82, 2.24) is 0 Å². The average molecular weight is 403 g/mol. The minimum atomic E-state index is -0.668. The Hall–Kier alpha value is -2.49. The fourth-order valence-electron chi connectivity index (χ4n) is 2.57. The first kappa shape index (κ1) is 21.8. The van der Waals surface area contributed by atoms with Gasteiger partial charge in [-0.1, -0.05) is 5.92 Å². The molecule has 0 aliphatic rings. The summed E-state index contributed by atoms with van der Waals surface area (Å²) < 4.78 is 21.9. The lowest BCUT2D eigenvalue weighted by Crippen LogP contribution is -2.25. The first-order chi connectivity index (χ1) is 13.4. The van der Waals surface area contributed by atoms with E-state index in [4.69, 9.17) is 25.4 Å². The van der Waals surface area contributed by atoms with Crippen LogP contribution < -0.4 is 18.9 Å². The molecule has 2 aromatic carbocycles. The number of methoxy groups -OCH3 is 3. The van der Waals surface area contributed by atoms with Crippen LogP contribution in [0.25, 0.3) is 0 Å². The highest BCUT2D eigenvalue weighted by Crippen LogP contribution is 2.44. The largest absolute Gasteiger partial charge is 0.493 e. The molecule has 0 radical (unpaired) electrons. The van der Waals surface area contributed by atoms with E-state index in [2.05, 4.69) is 5.92 Å². The van der Waals surface area contributed by atoms with Crippen molar-refractivity contribution in [3.63, 3.8) is 0 Å². The van der Waals surface area contributed by atoms with Crippen molar-refractivity contribution in [2.24, 2.45) is 0 Å². The number of aliphatic hydroxyl groups is 1. The van der Waals surface area contributed by atoms with Crippen molar-refractivity contribution >= 4 is 11.8 Å². The molecule has 6 heteroatoms. The fraction of sp³-hybridized carbons (Fsp3) is 0.364. The Morgan fingerprint density at radius 2 is 1.61 bits per heavy atom. The first-order valence-electron chi connectivity index (χ1n) is 8.71. The Labute approximate surface area is 171 Å². The molecule has 1 N–H and O–H groups in total. The third kappa shape index (κ3) is 5.28. The summed E-state index contributed by atoms with van der Waals surface area (Å²) in [5, 5.41) is 9.75. The lowest BCUT2D eigenvalue weighted by molar-refractivity contribution is 0.172. The minimum Gasteiger partial charge on any atom is -0.493 e. The average Bonchev–Trinajstić information content (AvgIpc) is 2.71. The fourth-order valence-corrected chi connectivity index (χ4v) is 3.54. The molecule has 0 aromatic heterocycles. The van der Waals surface area contributed by atoms with E-state index >= 15 is 0 Å². The highest BCUT2D eigenvalue weighted by atomic mass is 32.2. The lowest BCUT2D eigenvalue weighted by Gasteiger charge is -2.21. The normalized spacial score (nSPS) is 12.0. The van der Waals surface area contributed by atoms with Crippen LogP contribution in [0.5, 0.6) is 23.0 Å². The van der Waals surface area contributed by atoms with Crippen molar-refractivity contribution in [2.75, 3.05) is 27.9 Å². The molecule has 0 spiro atoms. The quantitative estimate of drug-likeness (QED) is 0.498. The van der Waals surface area contributed by atoms with Crippen LogP contribution in [0.2, 0.25) is 0 Å². The molecule has 2 aromatic rings. The molecule has 28 heavy (non-hydrogen) atoms. The van der Waals surface area contributed by atoms with Gasteiger partial charge in [-0.2, -0.15) is 0 Å². The lowest BCUT2D eigenvalue weighted by atomic mass is 10.1. The maximum atomic E-state index is 9.95. The predicted molar refractivity (Wildman–Crippen MR) is 112 cm³/mol. The van der Waals surface area contributed by atoms with Crippen LogP contribution in [0.3, 0.4) is 0 Å². The molecular weight excluding hydrogens is 376 g/mol. The van der Waals surface area contributed by atoms with Crippen LogP contribution in [-0.4, -0.2) is 38.6 Å². The highest BCUT2D eigenvalue weighted by Gasteiger charge is 2.20. The van der Waals surface area contributed by atoms with Gasteiger partial charge in [-0.15, -0.1) is 18.2 Å². The Kier molecular flexibility index (Phi) is 7.50. The molecule has 0 saturated heterocycles. The molecule has 0 fully saturated rings. The maximum Gasteiger partial charge on any atom is 0.203 e. The number of rotatable bonds is 9. The topological polar surface area (TPSA) is 57.2 Å². The maximum absolute atomic E-state index is 9.95. The molecule has 0 bridgehead atoms. The number of hydrogen-bond acceptors (Lipinski definition) is 6. The summed E-state index contributed by atoms with van der Waals surface area (Å²) in [5.41, 5.74) is 0.203. The Bertz CT molecular complexity index is 799. The van der Waals surface area contributed by atoms with E-state index in [1.165, 1.54) is 11.8 Å². The summed E-state index contributed by atoms with van der Waals surface area (Å²) in [4.78, 5) is 0.985. The van der Waals surface area contributed by atoms with Crippen LogP contribution in [0.4, 0.5) is 0 Å². The van der Waals surface area contributed by atoms with Gasteiger partial charge < -0.3 is 24.1 Å². The molecule has 150 valence electrons. The van der Waals surface area contributed by atoms with Gasteiger partial charge in [-0.05, 0) is 55.8 Å². The molecule has 2 rings (SSSR count). The zero-order chi connectivity index (χ0) is 20.7. The standard InChI is InChI=1S/C22H26O5S/c1-7-22(2,3)27-16-8-10-17(11-9-16)28-20(14-23)15-12-18(24-4)21(26-6)19(13-15)25-5/h1,8-13,20,23H,14H2,2-6H3. The molecule has 5 nitrogen and oxygen atoms in total. The second kappa shape index (κ2) is 9.63. The van der Waals surface area contributed by atoms with Gasteiger partial charge in [0.2, 0.25) is 5.75 Å². The highest BCUT2D eigenvalue weighted by molar-refractivity contribution is 7.99. The van der Waals surface area contributed by atoms with Gasteiger partial charge in [0.15, 0.2) is 17.1 Å². The van der Waals surface area contributed by atoms with Crippen LogP contribution >= 0.6 is 11.8 Å². The van der Waals surface area contributed by atoms with Gasteiger partial charge in [0, 0.05) is 4.90 Å². The van der Waals surface area contributed by atoms with E-state index in [9.17, 15) is 5.11 Å². The summed E-state index contributed by atoms with van der Waals surface area (Å²) in [5.74, 6) is 4.92. The zero-order valence-corrected chi connectivity index (χ0v) is 17.6. The van der Waals surface area contributed by atoms with E-state index in [0.29, 0.717) is 23.0 Å². The Morgan fingerprint density at radius 3 is 2.04 bits per heavy atom. The van der Waals surface area contributed by atoms with Gasteiger partial charge in [0.1, 0.15) is 5.75 Å². The van der Waals surface area contributed by atoms with Crippen LogP contribution in [-0.2, 0) is 0 Å². The summed E-state index contributed by atoms with van der Waals surface area (Å²) in [6.45, 7) is 3.62. The number of hydrogen-bond donors (Lipinski definition) is 1. The molecule has 1 unspecified atom stereocenters. The summed E-state index contributed by atoms with van der Waals surface area (Å²) >= 11 is 1.53. The SMILES string of the molecule is C#CC(C)(C)Oc1ccc(SC(CO)c2cc(OC)c(OC)c(OC)c2)cc1. The van der Waals surface area contributed by atoms with E-state index in [1.54, 1.807) is 21.3 Å². The third-order valence-corrected chi connectivity index (χ3v) is 5.30. The first-order valence-corrected chi connectivity index (χ1v) is 9.59. The molecule has 0 amide bonds. The van der Waals surface area contributed by atoms with E-state index in [0.717, 1.165) is 10.5 Å². The van der Waals surface area contributed by atoms with Crippen molar-refractivity contribution in [3.8, 4) is 35.3 Å². The predicted octanol–water partition coefficient (Wildman–Crippen LogP) is 4.33. The van der Waals surface area contributed by atoms with Crippen LogP contribution in [0.15, 0.2) is 41.3 Å². The second-order valence-corrected chi connectivity index (χ2v) is 7.75. The van der Waals surface area contributed by atoms with Gasteiger partial charge in [0.05, 0.1) is 33.2 Å². The van der Waals surface area contributed by atoms with Gasteiger partial charge in [-0.3, -0.25) is 0 Å². The Morgan fingerprint density at radius 1 is 1.04 bits per heavy atom. The van der Waals surface area contributed by atoms with Crippen molar-refractivity contribution in [1.29, 1.82) is 0 Å². The molecule has 1 atom stereocenters. The number of benzene rings is 2. The molecule has 0 aliphatic carbocycles. The molecule has 0 heterocycles.